The zero-order chi connectivity index (χ0) is 22.5. The molecule has 0 aliphatic carbocycles. The highest BCUT2D eigenvalue weighted by Crippen LogP contribution is 2.28. The van der Waals surface area contributed by atoms with Gasteiger partial charge in [-0.05, 0) is 67.0 Å². The van der Waals surface area contributed by atoms with E-state index < -0.39 is 6.10 Å². The molecule has 2 unspecified atom stereocenters. The second kappa shape index (κ2) is 10.4. The van der Waals surface area contributed by atoms with E-state index in [1.54, 1.807) is 13.0 Å². The van der Waals surface area contributed by atoms with Crippen LogP contribution in [0.2, 0.25) is 0 Å². The molecule has 2 atom stereocenters. The van der Waals surface area contributed by atoms with Crippen molar-refractivity contribution in [1.29, 1.82) is 0 Å². The van der Waals surface area contributed by atoms with Gasteiger partial charge in [0, 0.05) is 21.7 Å². The van der Waals surface area contributed by atoms with E-state index in [0.717, 1.165) is 34.0 Å². The Balaban J connectivity index is 2.02. The number of aromatic nitrogens is 4. The molecule has 4 N–H and O–H groups in total. The molecule has 9 heteroatoms. The number of rotatable bonds is 10. The van der Waals surface area contributed by atoms with E-state index in [-0.39, 0.29) is 11.8 Å². The van der Waals surface area contributed by atoms with E-state index in [1.165, 1.54) is 0 Å². The van der Waals surface area contributed by atoms with Crippen molar-refractivity contribution in [3.63, 3.8) is 0 Å². The van der Waals surface area contributed by atoms with Crippen LogP contribution in [-0.4, -0.2) is 41.9 Å². The number of aliphatic hydroxyl groups excluding tert-OH is 1. The van der Waals surface area contributed by atoms with Crippen LogP contribution in [0.15, 0.2) is 24.5 Å². The molecule has 2 heterocycles. The van der Waals surface area contributed by atoms with Crippen molar-refractivity contribution >= 4 is 45.5 Å². The lowest BCUT2D eigenvalue weighted by Gasteiger charge is -2.21. The van der Waals surface area contributed by atoms with Gasteiger partial charge in [-0.25, -0.2) is 4.98 Å². The highest BCUT2D eigenvalue weighted by molar-refractivity contribution is 14.1. The maximum Gasteiger partial charge on any atom is 0.227 e. The summed E-state index contributed by atoms with van der Waals surface area (Å²) in [4.78, 5) is 14.0. The average molecular weight is 538 g/mol. The first-order chi connectivity index (χ1) is 14.9. The van der Waals surface area contributed by atoms with Crippen LogP contribution in [0.1, 0.15) is 58.6 Å². The molecule has 0 saturated heterocycles. The van der Waals surface area contributed by atoms with Crippen LogP contribution in [0.3, 0.4) is 0 Å². The first kappa shape index (κ1) is 23.5. The van der Waals surface area contributed by atoms with Gasteiger partial charge in [0.1, 0.15) is 5.75 Å². The minimum atomic E-state index is -0.534. The van der Waals surface area contributed by atoms with Gasteiger partial charge in [-0.3, -0.25) is 0 Å². The van der Waals surface area contributed by atoms with Gasteiger partial charge in [-0.2, -0.15) is 9.97 Å². The van der Waals surface area contributed by atoms with E-state index in [9.17, 15) is 10.2 Å². The Morgan fingerprint density at radius 2 is 1.87 bits per heavy atom. The normalized spacial score (nSPS) is 13.5. The standard InChI is InChI=1S/C22H31IN6O2/c1-5-16(6-2)29-12-25-19-20(24-11-14-10-15(23)8-9-18(14)31)27-22(28-21(19)29)26-17(7-3)13(4)30/h8-10,12-13,16-17,30-31H,5-7,11H2,1-4H3,(H2,24,26,27,28). The number of phenols is 1. The van der Waals surface area contributed by atoms with Gasteiger partial charge >= 0.3 is 0 Å². The van der Waals surface area contributed by atoms with Gasteiger partial charge in [0.25, 0.3) is 0 Å². The van der Waals surface area contributed by atoms with Crippen LogP contribution in [0, 0.1) is 3.57 Å². The summed E-state index contributed by atoms with van der Waals surface area (Å²) in [5.74, 6) is 1.28. The number of anilines is 2. The molecule has 0 radical (unpaired) electrons. The first-order valence-corrected chi connectivity index (χ1v) is 11.9. The fraction of sp³-hybridized carbons (Fsp3) is 0.500. The molecular formula is C22H31IN6O2. The highest BCUT2D eigenvalue weighted by atomic mass is 127. The summed E-state index contributed by atoms with van der Waals surface area (Å²) in [7, 11) is 0. The molecule has 1 aromatic carbocycles. The van der Waals surface area contributed by atoms with Crippen molar-refractivity contribution in [3.8, 4) is 5.75 Å². The molecule has 0 saturated carbocycles. The molecule has 168 valence electrons. The van der Waals surface area contributed by atoms with E-state index >= 15 is 0 Å². The van der Waals surface area contributed by atoms with E-state index in [0.29, 0.717) is 29.9 Å². The van der Waals surface area contributed by atoms with Crippen molar-refractivity contribution in [2.75, 3.05) is 10.6 Å². The van der Waals surface area contributed by atoms with Crippen LogP contribution >= 0.6 is 22.6 Å². The van der Waals surface area contributed by atoms with Crippen molar-refractivity contribution < 1.29 is 10.2 Å². The second-order valence-electron chi connectivity index (χ2n) is 7.72. The number of halogens is 1. The maximum absolute atomic E-state index is 10.2. The van der Waals surface area contributed by atoms with Gasteiger partial charge in [0.05, 0.1) is 18.5 Å². The number of hydrogen-bond donors (Lipinski definition) is 4. The summed E-state index contributed by atoms with van der Waals surface area (Å²) in [6.07, 6.45) is 3.97. The smallest absolute Gasteiger partial charge is 0.227 e. The number of aromatic hydroxyl groups is 1. The molecular weight excluding hydrogens is 507 g/mol. The zero-order valence-corrected chi connectivity index (χ0v) is 20.6. The number of phenolic OH excluding ortho intramolecular Hbond substituents is 1. The molecule has 0 aliphatic rings. The Morgan fingerprint density at radius 1 is 1.13 bits per heavy atom. The number of aliphatic hydroxyl groups is 1. The number of imidazole rings is 1. The summed E-state index contributed by atoms with van der Waals surface area (Å²) in [5, 5.41) is 26.9. The van der Waals surface area contributed by atoms with Gasteiger partial charge in [-0.1, -0.05) is 20.8 Å². The molecule has 31 heavy (non-hydrogen) atoms. The molecule has 8 nitrogen and oxygen atoms in total. The number of nitrogens with zero attached hydrogens (tertiary/aromatic N) is 4. The number of nitrogens with one attached hydrogen (secondary N) is 2. The van der Waals surface area contributed by atoms with Crippen molar-refractivity contribution in [3.05, 3.63) is 33.7 Å². The van der Waals surface area contributed by atoms with Crippen molar-refractivity contribution in [2.45, 2.75) is 71.7 Å². The fourth-order valence-electron chi connectivity index (χ4n) is 3.66. The Labute approximate surface area is 196 Å². The third-order valence-electron chi connectivity index (χ3n) is 5.58. The highest BCUT2D eigenvalue weighted by Gasteiger charge is 2.20. The third kappa shape index (κ3) is 5.38. The molecule has 2 aromatic heterocycles. The zero-order valence-electron chi connectivity index (χ0n) is 18.4. The third-order valence-corrected chi connectivity index (χ3v) is 6.25. The van der Waals surface area contributed by atoms with Gasteiger partial charge in [0.15, 0.2) is 17.0 Å². The average Bonchev–Trinajstić information content (AvgIpc) is 3.17. The topological polar surface area (TPSA) is 108 Å². The van der Waals surface area contributed by atoms with Gasteiger partial charge in [0.2, 0.25) is 5.95 Å². The monoisotopic (exact) mass is 538 g/mol. The van der Waals surface area contributed by atoms with Gasteiger partial charge in [-0.15, -0.1) is 0 Å². The van der Waals surface area contributed by atoms with Crippen molar-refractivity contribution in [1.82, 2.24) is 19.5 Å². The largest absolute Gasteiger partial charge is 0.508 e. The Morgan fingerprint density at radius 3 is 2.52 bits per heavy atom. The second-order valence-corrected chi connectivity index (χ2v) is 8.96. The quantitative estimate of drug-likeness (QED) is 0.278. The molecule has 3 aromatic rings. The summed E-state index contributed by atoms with van der Waals surface area (Å²) in [6.45, 7) is 8.48. The van der Waals surface area contributed by atoms with Crippen molar-refractivity contribution in [2.24, 2.45) is 0 Å². The molecule has 0 amide bonds. The number of fused-ring (bicyclic) bond motifs is 1. The minimum Gasteiger partial charge on any atom is -0.508 e. The SMILES string of the molecule is CCC(Nc1nc(NCc2cc(I)ccc2O)c2ncn(C(CC)CC)c2n1)C(C)O. The molecule has 0 spiro atoms. The van der Waals surface area contributed by atoms with Crippen LogP contribution in [0.4, 0.5) is 11.8 Å². The van der Waals surface area contributed by atoms with Gasteiger partial charge < -0.3 is 25.4 Å². The maximum atomic E-state index is 10.2. The minimum absolute atomic E-state index is 0.158. The Bertz CT molecular complexity index is 1020. The first-order valence-electron chi connectivity index (χ1n) is 10.8. The van der Waals surface area contributed by atoms with E-state index in [2.05, 4.69) is 61.6 Å². The summed E-state index contributed by atoms with van der Waals surface area (Å²) < 4.78 is 3.14. The summed E-state index contributed by atoms with van der Waals surface area (Å²) >= 11 is 2.22. The molecule has 3 rings (SSSR count). The molecule has 0 bridgehead atoms. The summed E-state index contributed by atoms with van der Waals surface area (Å²) in [5.41, 5.74) is 2.22. The lowest BCUT2D eigenvalue weighted by Crippen LogP contribution is -2.31. The van der Waals surface area contributed by atoms with Crippen LogP contribution < -0.4 is 10.6 Å². The van der Waals surface area contributed by atoms with Crippen LogP contribution in [-0.2, 0) is 6.54 Å². The number of hydrogen-bond acceptors (Lipinski definition) is 7. The predicted octanol–water partition coefficient (Wildman–Crippen LogP) is 4.68. The Kier molecular flexibility index (Phi) is 7.93. The fourth-order valence-corrected chi connectivity index (χ4v) is 4.21. The molecule has 0 aliphatic heterocycles. The number of benzene rings is 1. The van der Waals surface area contributed by atoms with Crippen LogP contribution in [0.5, 0.6) is 5.75 Å². The lowest BCUT2D eigenvalue weighted by atomic mass is 10.1. The van der Waals surface area contributed by atoms with E-state index in [4.69, 9.17) is 4.98 Å². The molecule has 0 fully saturated rings. The Hall–Kier alpha value is -2.14. The lowest BCUT2D eigenvalue weighted by molar-refractivity contribution is 0.169. The predicted molar refractivity (Wildman–Crippen MR) is 132 cm³/mol. The van der Waals surface area contributed by atoms with E-state index in [1.807, 2.05) is 25.4 Å². The van der Waals surface area contributed by atoms with Crippen LogP contribution in [0.25, 0.3) is 11.2 Å². The summed E-state index contributed by atoms with van der Waals surface area (Å²) in [6, 6.07) is 5.62.